The molecule has 80 valence electrons. The molecule has 0 aromatic heterocycles. The topological polar surface area (TPSA) is 40.4 Å². The quantitative estimate of drug-likeness (QED) is 0.691. The smallest absolute Gasteiger partial charge is 0.257 e. The van der Waals surface area contributed by atoms with Crippen molar-refractivity contribution >= 4 is 15.9 Å². The minimum atomic E-state index is -3.21. The molecule has 1 aromatic carbocycles. The van der Waals surface area contributed by atoms with Crippen molar-refractivity contribution in [3.05, 3.63) is 29.8 Å². The SMILES string of the molecule is O=S(=O)(N1CC1)N1CCc2ccccc21. The molecular weight excluding hydrogens is 212 g/mol. The number of hydrogen-bond donors (Lipinski definition) is 0. The highest BCUT2D eigenvalue weighted by molar-refractivity contribution is 7.90. The normalized spacial score (nSPS) is 20.4. The molecular formula is C10H12N2O2S. The number of rotatable bonds is 2. The van der Waals surface area contributed by atoms with Crippen molar-refractivity contribution in [2.24, 2.45) is 0 Å². The Morgan fingerprint density at radius 1 is 1.07 bits per heavy atom. The third-order valence-corrected chi connectivity index (χ3v) is 4.81. The van der Waals surface area contributed by atoms with Crippen LogP contribution < -0.4 is 4.31 Å². The van der Waals surface area contributed by atoms with E-state index in [2.05, 4.69) is 0 Å². The molecule has 0 N–H and O–H groups in total. The average Bonchev–Trinajstić information content (AvgIpc) is 2.98. The predicted molar refractivity (Wildman–Crippen MR) is 58.0 cm³/mol. The number of hydrogen-bond acceptors (Lipinski definition) is 2. The van der Waals surface area contributed by atoms with E-state index >= 15 is 0 Å². The molecule has 0 bridgehead atoms. The molecule has 2 heterocycles. The molecule has 3 rings (SSSR count). The maximum Gasteiger partial charge on any atom is 0.304 e. The first-order valence-electron chi connectivity index (χ1n) is 5.05. The van der Waals surface area contributed by atoms with Gasteiger partial charge in [0.05, 0.1) is 5.69 Å². The van der Waals surface area contributed by atoms with Crippen LogP contribution in [0.1, 0.15) is 5.56 Å². The molecule has 1 aromatic rings. The van der Waals surface area contributed by atoms with Gasteiger partial charge in [0.15, 0.2) is 0 Å². The minimum absolute atomic E-state index is 0.582. The number of fused-ring (bicyclic) bond motifs is 1. The van der Waals surface area contributed by atoms with Crippen molar-refractivity contribution in [2.75, 3.05) is 23.9 Å². The maximum atomic E-state index is 12.0. The van der Waals surface area contributed by atoms with Crippen LogP contribution in [0.3, 0.4) is 0 Å². The lowest BCUT2D eigenvalue weighted by Crippen LogP contribution is -2.34. The van der Waals surface area contributed by atoms with Gasteiger partial charge < -0.3 is 0 Å². The number of anilines is 1. The highest BCUT2D eigenvalue weighted by atomic mass is 32.2. The van der Waals surface area contributed by atoms with E-state index < -0.39 is 10.2 Å². The molecule has 0 unspecified atom stereocenters. The Bertz CT molecular complexity index is 494. The van der Waals surface area contributed by atoms with E-state index in [0.717, 1.165) is 17.7 Å². The first-order valence-corrected chi connectivity index (χ1v) is 6.45. The average molecular weight is 224 g/mol. The van der Waals surface area contributed by atoms with E-state index in [-0.39, 0.29) is 0 Å². The molecule has 15 heavy (non-hydrogen) atoms. The largest absolute Gasteiger partial charge is 0.304 e. The number of nitrogens with zero attached hydrogens (tertiary/aromatic N) is 2. The van der Waals surface area contributed by atoms with Crippen molar-refractivity contribution < 1.29 is 8.42 Å². The van der Waals surface area contributed by atoms with E-state index in [1.54, 1.807) is 0 Å². The van der Waals surface area contributed by atoms with Gasteiger partial charge in [-0.05, 0) is 18.1 Å². The molecule has 4 nitrogen and oxygen atoms in total. The van der Waals surface area contributed by atoms with Crippen molar-refractivity contribution in [1.82, 2.24) is 4.31 Å². The second-order valence-corrected chi connectivity index (χ2v) is 5.71. The molecule has 0 amide bonds. The third kappa shape index (κ3) is 1.34. The second-order valence-electron chi connectivity index (χ2n) is 3.86. The Morgan fingerprint density at radius 2 is 1.80 bits per heavy atom. The Labute approximate surface area is 89.3 Å². The van der Waals surface area contributed by atoms with E-state index in [1.807, 2.05) is 24.3 Å². The molecule has 2 aliphatic heterocycles. The van der Waals surface area contributed by atoms with Gasteiger partial charge in [-0.15, -0.1) is 0 Å². The fourth-order valence-electron chi connectivity index (χ4n) is 1.96. The van der Waals surface area contributed by atoms with Crippen LogP contribution in [0.2, 0.25) is 0 Å². The summed E-state index contributed by atoms with van der Waals surface area (Å²) in [5.41, 5.74) is 1.98. The summed E-state index contributed by atoms with van der Waals surface area (Å²) in [6, 6.07) is 7.71. The van der Waals surface area contributed by atoms with Gasteiger partial charge in [0.1, 0.15) is 0 Å². The molecule has 0 radical (unpaired) electrons. The van der Waals surface area contributed by atoms with Crippen LogP contribution in [0.15, 0.2) is 24.3 Å². The van der Waals surface area contributed by atoms with Crippen molar-refractivity contribution in [1.29, 1.82) is 0 Å². The van der Waals surface area contributed by atoms with Crippen LogP contribution in [-0.2, 0) is 16.6 Å². The van der Waals surface area contributed by atoms with Crippen LogP contribution in [0, 0.1) is 0 Å². The first-order chi connectivity index (χ1) is 7.19. The first kappa shape index (κ1) is 9.18. The molecule has 1 saturated heterocycles. The summed E-state index contributed by atoms with van der Waals surface area (Å²) >= 11 is 0. The second kappa shape index (κ2) is 2.96. The van der Waals surface area contributed by atoms with Crippen LogP contribution in [0.25, 0.3) is 0 Å². The van der Waals surface area contributed by atoms with Crippen LogP contribution >= 0.6 is 0 Å². The summed E-state index contributed by atoms with van der Waals surface area (Å²) in [6.45, 7) is 1.92. The summed E-state index contributed by atoms with van der Waals surface area (Å²) < 4.78 is 27.0. The van der Waals surface area contributed by atoms with Gasteiger partial charge in [0.25, 0.3) is 0 Å². The number of para-hydroxylation sites is 1. The van der Waals surface area contributed by atoms with Gasteiger partial charge in [-0.2, -0.15) is 12.7 Å². The van der Waals surface area contributed by atoms with E-state index in [9.17, 15) is 8.42 Å². The van der Waals surface area contributed by atoms with Gasteiger partial charge in [-0.3, -0.25) is 4.31 Å². The summed E-state index contributed by atoms with van der Waals surface area (Å²) in [5, 5.41) is 0. The maximum absolute atomic E-state index is 12.0. The van der Waals surface area contributed by atoms with Crippen LogP contribution in [0.4, 0.5) is 5.69 Å². The van der Waals surface area contributed by atoms with Crippen molar-refractivity contribution in [2.45, 2.75) is 6.42 Å². The van der Waals surface area contributed by atoms with Crippen LogP contribution in [-0.4, -0.2) is 32.4 Å². The summed E-state index contributed by atoms with van der Waals surface area (Å²) in [4.78, 5) is 0. The summed E-state index contributed by atoms with van der Waals surface area (Å²) in [6.07, 6.45) is 0.823. The molecule has 0 saturated carbocycles. The molecule has 0 atom stereocenters. The van der Waals surface area contributed by atoms with Gasteiger partial charge in [0, 0.05) is 19.6 Å². The van der Waals surface area contributed by atoms with E-state index in [0.29, 0.717) is 19.6 Å². The fourth-order valence-corrected chi connectivity index (χ4v) is 3.53. The zero-order valence-electron chi connectivity index (χ0n) is 8.26. The Hall–Kier alpha value is -1.07. The lowest BCUT2D eigenvalue weighted by Gasteiger charge is -2.19. The molecule has 0 aliphatic carbocycles. The van der Waals surface area contributed by atoms with Gasteiger partial charge in [-0.1, -0.05) is 18.2 Å². The monoisotopic (exact) mass is 224 g/mol. The number of benzene rings is 1. The third-order valence-electron chi connectivity index (χ3n) is 2.86. The Morgan fingerprint density at radius 3 is 2.53 bits per heavy atom. The summed E-state index contributed by atoms with van der Waals surface area (Å²) in [5.74, 6) is 0. The van der Waals surface area contributed by atoms with Gasteiger partial charge in [0.2, 0.25) is 0 Å². The Balaban J connectivity index is 2.03. The standard InChI is InChI=1S/C10H12N2O2S/c13-15(14,11-7-8-11)12-6-5-9-3-1-2-4-10(9)12/h1-4H,5-8H2. The highest BCUT2D eigenvalue weighted by Crippen LogP contribution is 2.32. The Kier molecular flexibility index (Phi) is 1.81. The lowest BCUT2D eigenvalue weighted by molar-refractivity contribution is 0.559. The van der Waals surface area contributed by atoms with Crippen molar-refractivity contribution in [3.63, 3.8) is 0 Å². The van der Waals surface area contributed by atoms with Gasteiger partial charge >= 0.3 is 10.2 Å². The highest BCUT2D eigenvalue weighted by Gasteiger charge is 2.39. The predicted octanol–water partition coefficient (Wildman–Crippen LogP) is 0.609. The van der Waals surface area contributed by atoms with Crippen LogP contribution in [0.5, 0.6) is 0 Å². The van der Waals surface area contributed by atoms with E-state index in [1.165, 1.54) is 8.61 Å². The van der Waals surface area contributed by atoms with E-state index in [4.69, 9.17) is 0 Å². The van der Waals surface area contributed by atoms with Crippen molar-refractivity contribution in [3.8, 4) is 0 Å². The molecule has 2 aliphatic rings. The lowest BCUT2D eigenvalue weighted by atomic mass is 10.2. The molecule has 1 fully saturated rings. The zero-order chi connectivity index (χ0) is 10.5. The fraction of sp³-hybridized carbons (Fsp3) is 0.400. The molecule has 5 heteroatoms. The minimum Gasteiger partial charge on any atom is -0.257 e. The van der Waals surface area contributed by atoms with Gasteiger partial charge in [-0.25, -0.2) is 0 Å². The zero-order valence-corrected chi connectivity index (χ0v) is 9.07. The molecule has 0 spiro atoms. The summed E-state index contributed by atoms with van der Waals surface area (Å²) in [7, 11) is -3.21.